The van der Waals surface area contributed by atoms with Crippen LogP contribution in [0.3, 0.4) is 0 Å². The molecule has 1 heterocycles. The van der Waals surface area contributed by atoms with Gasteiger partial charge in [-0.15, -0.1) is 0 Å². The van der Waals surface area contributed by atoms with Crippen LogP contribution in [-0.4, -0.2) is 4.98 Å². The molecule has 0 aliphatic carbocycles. The summed E-state index contributed by atoms with van der Waals surface area (Å²) in [4.78, 5) is 14.3. The van der Waals surface area contributed by atoms with Gasteiger partial charge in [-0.3, -0.25) is 4.79 Å². The Kier molecular flexibility index (Phi) is 4.36. The van der Waals surface area contributed by atoms with Crippen LogP contribution in [0, 0.1) is 3.57 Å². The smallest absolute Gasteiger partial charge is 0.265 e. The van der Waals surface area contributed by atoms with Crippen LogP contribution in [0.25, 0.3) is 0 Å². The van der Waals surface area contributed by atoms with Crippen molar-refractivity contribution in [1.29, 1.82) is 0 Å². The lowest BCUT2D eigenvalue weighted by molar-refractivity contribution is 0.471. The number of ether oxygens (including phenoxy) is 1. The number of hydrogen-bond acceptors (Lipinski definition) is 3. The fourth-order valence-electron chi connectivity index (χ4n) is 1.66. The molecule has 0 atom stereocenters. The molecular formula is C13H12ClIN2O2. The molecule has 0 amide bonds. The number of aryl methyl sites for hydroxylation is 1. The number of benzene rings is 1. The summed E-state index contributed by atoms with van der Waals surface area (Å²) >= 11 is 7.90. The highest BCUT2D eigenvalue weighted by atomic mass is 127. The van der Waals surface area contributed by atoms with Crippen LogP contribution in [0.15, 0.2) is 29.2 Å². The molecule has 0 saturated carbocycles. The average molecular weight is 391 g/mol. The van der Waals surface area contributed by atoms with E-state index in [2.05, 4.69) is 4.98 Å². The number of nitrogens with one attached hydrogen (secondary N) is 1. The zero-order valence-corrected chi connectivity index (χ0v) is 13.1. The van der Waals surface area contributed by atoms with E-state index in [9.17, 15) is 4.79 Å². The molecule has 0 spiro atoms. The monoisotopic (exact) mass is 390 g/mol. The number of nitrogen functional groups attached to an aromatic ring is 1. The number of halogens is 2. The molecule has 4 nitrogen and oxygen atoms in total. The number of anilines is 1. The van der Waals surface area contributed by atoms with Crippen molar-refractivity contribution < 1.29 is 4.74 Å². The molecule has 1 aromatic carbocycles. The maximum atomic E-state index is 11.6. The molecule has 19 heavy (non-hydrogen) atoms. The molecular weight excluding hydrogens is 379 g/mol. The molecule has 0 unspecified atom stereocenters. The minimum atomic E-state index is -0.178. The molecule has 6 heteroatoms. The van der Waals surface area contributed by atoms with Crippen molar-refractivity contribution in [2.24, 2.45) is 0 Å². The molecule has 0 saturated heterocycles. The number of aromatic nitrogens is 1. The summed E-state index contributed by atoms with van der Waals surface area (Å²) in [5, 5.41) is 0.493. The van der Waals surface area contributed by atoms with Gasteiger partial charge in [0.1, 0.15) is 9.32 Å². The van der Waals surface area contributed by atoms with E-state index >= 15 is 0 Å². The molecule has 0 bridgehead atoms. The number of hydrogen-bond donors (Lipinski definition) is 2. The minimum Gasteiger partial charge on any atom is -0.456 e. The van der Waals surface area contributed by atoms with Gasteiger partial charge in [0, 0.05) is 28.5 Å². The maximum Gasteiger partial charge on any atom is 0.265 e. The third-order valence-corrected chi connectivity index (χ3v) is 3.76. The molecule has 100 valence electrons. The summed E-state index contributed by atoms with van der Waals surface area (Å²) in [7, 11) is 0. The molecule has 0 aliphatic heterocycles. The first-order valence-electron chi connectivity index (χ1n) is 5.65. The minimum absolute atomic E-state index is 0.178. The normalized spacial score (nSPS) is 10.5. The fraction of sp³-hybridized carbons (Fsp3) is 0.154. The Morgan fingerprint density at radius 2 is 2.16 bits per heavy atom. The zero-order chi connectivity index (χ0) is 14.0. The molecule has 2 rings (SSSR count). The molecule has 1 aromatic heterocycles. The third-order valence-electron chi connectivity index (χ3n) is 2.56. The Morgan fingerprint density at radius 3 is 2.79 bits per heavy atom. The van der Waals surface area contributed by atoms with Crippen LogP contribution in [0.2, 0.25) is 5.02 Å². The zero-order valence-electron chi connectivity index (χ0n) is 10.2. The quantitative estimate of drug-likeness (QED) is 0.622. The van der Waals surface area contributed by atoms with Gasteiger partial charge in [-0.2, -0.15) is 0 Å². The Balaban J connectivity index is 2.48. The number of H-pyrrole nitrogens is 1. The summed E-state index contributed by atoms with van der Waals surface area (Å²) in [6.45, 7) is 1.99. The Labute approximate surface area is 129 Å². The van der Waals surface area contributed by atoms with Gasteiger partial charge >= 0.3 is 0 Å². The van der Waals surface area contributed by atoms with E-state index in [-0.39, 0.29) is 5.56 Å². The second kappa shape index (κ2) is 5.83. The van der Waals surface area contributed by atoms with Crippen molar-refractivity contribution in [3.8, 4) is 11.5 Å². The standard InChI is InChI=1S/C13H12ClIN2O2/c1-2-7-6-17-13(18)11(15)12(7)19-10-4-8(14)3-9(16)5-10/h3-6H,2,16H2,1H3,(H,17,18). The molecule has 3 N–H and O–H groups in total. The maximum absolute atomic E-state index is 11.6. The summed E-state index contributed by atoms with van der Waals surface area (Å²) in [5.41, 5.74) is 6.97. The van der Waals surface area contributed by atoms with Crippen LogP contribution >= 0.6 is 34.2 Å². The van der Waals surface area contributed by atoms with Crippen molar-refractivity contribution in [2.45, 2.75) is 13.3 Å². The van der Waals surface area contributed by atoms with Gasteiger partial charge in [0.15, 0.2) is 5.75 Å². The fourth-order valence-corrected chi connectivity index (χ4v) is 2.51. The Bertz CT molecular complexity index is 650. The van der Waals surface area contributed by atoms with Crippen LogP contribution in [0.4, 0.5) is 5.69 Å². The van der Waals surface area contributed by atoms with Gasteiger partial charge in [0.2, 0.25) is 0 Å². The average Bonchev–Trinajstić information content (AvgIpc) is 2.34. The number of rotatable bonds is 3. The van der Waals surface area contributed by atoms with Crippen molar-refractivity contribution in [3.05, 3.63) is 48.9 Å². The number of pyridine rings is 1. The topological polar surface area (TPSA) is 68.1 Å². The Hall–Kier alpha value is -1.21. The first kappa shape index (κ1) is 14.2. The lowest BCUT2D eigenvalue weighted by atomic mass is 10.2. The van der Waals surface area contributed by atoms with E-state index in [4.69, 9.17) is 22.1 Å². The van der Waals surface area contributed by atoms with E-state index in [0.717, 1.165) is 12.0 Å². The summed E-state index contributed by atoms with van der Waals surface area (Å²) < 4.78 is 6.29. The van der Waals surface area contributed by atoms with Gasteiger partial charge in [-0.1, -0.05) is 18.5 Å². The van der Waals surface area contributed by atoms with E-state index < -0.39 is 0 Å². The molecule has 0 fully saturated rings. The van der Waals surface area contributed by atoms with Gasteiger partial charge in [0.25, 0.3) is 5.56 Å². The highest BCUT2D eigenvalue weighted by Crippen LogP contribution is 2.31. The van der Waals surface area contributed by atoms with Gasteiger partial charge in [-0.25, -0.2) is 0 Å². The van der Waals surface area contributed by atoms with Crippen LogP contribution < -0.4 is 16.0 Å². The van der Waals surface area contributed by atoms with Crippen molar-refractivity contribution in [1.82, 2.24) is 4.98 Å². The first-order valence-corrected chi connectivity index (χ1v) is 7.11. The Morgan fingerprint density at radius 1 is 1.42 bits per heavy atom. The first-order chi connectivity index (χ1) is 9.01. The van der Waals surface area contributed by atoms with Crippen molar-refractivity contribution in [3.63, 3.8) is 0 Å². The highest BCUT2D eigenvalue weighted by Gasteiger charge is 2.12. The lowest BCUT2D eigenvalue weighted by Gasteiger charge is -2.12. The predicted octanol–water partition coefficient (Wildman–Crippen LogP) is 3.57. The number of nitrogens with two attached hydrogens (primary N) is 1. The van der Waals surface area contributed by atoms with Gasteiger partial charge in [-0.05, 0) is 41.1 Å². The van der Waals surface area contributed by atoms with E-state index in [1.807, 2.05) is 29.5 Å². The second-order valence-corrected chi connectivity index (χ2v) is 5.48. The molecule has 0 aliphatic rings. The second-order valence-electron chi connectivity index (χ2n) is 3.96. The van der Waals surface area contributed by atoms with Gasteiger partial charge in [0.05, 0.1) is 0 Å². The van der Waals surface area contributed by atoms with Gasteiger partial charge < -0.3 is 15.5 Å². The third kappa shape index (κ3) is 3.22. The van der Waals surface area contributed by atoms with Crippen molar-refractivity contribution >= 4 is 39.9 Å². The summed E-state index contributed by atoms with van der Waals surface area (Å²) in [5.74, 6) is 1.07. The predicted molar refractivity (Wildman–Crippen MR) is 85.1 cm³/mol. The van der Waals surface area contributed by atoms with E-state index in [1.54, 1.807) is 24.4 Å². The van der Waals surface area contributed by atoms with Crippen LogP contribution in [-0.2, 0) is 6.42 Å². The summed E-state index contributed by atoms with van der Waals surface area (Å²) in [6.07, 6.45) is 2.41. The molecule has 0 radical (unpaired) electrons. The van der Waals surface area contributed by atoms with Crippen LogP contribution in [0.5, 0.6) is 11.5 Å². The van der Waals surface area contributed by atoms with E-state index in [1.165, 1.54) is 0 Å². The molecule has 2 aromatic rings. The highest BCUT2D eigenvalue weighted by molar-refractivity contribution is 14.1. The van der Waals surface area contributed by atoms with Crippen molar-refractivity contribution in [2.75, 3.05) is 5.73 Å². The summed E-state index contributed by atoms with van der Waals surface area (Å²) in [6, 6.07) is 4.97. The van der Waals surface area contributed by atoms with Crippen LogP contribution in [0.1, 0.15) is 12.5 Å². The lowest BCUT2D eigenvalue weighted by Crippen LogP contribution is -2.12. The SMILES string of the molecule is CCc1c[nH]c(=O)c(I)c1Oc1cc(N)cc(Cl)c1. The van der Waals surface area contributed by atoms with E-state index in [0.29, 0.717) is 25.8 Å². The largest absolute Gasteiger partial charge is 0.456 e. The number of aromatic amines is 1.